The summed E-state index contributed by atoms with van der Waals surface area (Å²) in [5.74, 6) is 0. The van der Waals surface area contributed by atoms with Gasteiger partial charge >= 0.3 is 8.80 Å². The van der Waals surface area contributed by atoms with Gasteiger partial charge in [-0.25, -0.2) is 0 Å². The van der Waals surface area contributed by atoms with Gasteiger partial charge in [-0.3, -0.25) is 0 Å². The molecule has 0 saturated carbocycles. The highest BCUT2D eigenvalue weighted by Gasteiger charge is 2.51. The van der Waals surface area contributed by atoms with Crippen LogP contribution >= 0.6 is 0 Å². The molecule has 2 N–H and O–H groups in total. The van der Waals surface area contributed by atoms with Gasteiger partial charge in [0.2, 0.25) is 0 Å². The molecule has 0 aromatic carbocycles. The molecule has 0 amide bonds. The van der Waals surface area contributed by atoms with Crippen molar-refractivity contribution >= 4 is 8.80 Å². The van der Waals surface area contributed by atoms with E-state index in [1.807, 2.05) is 6.55 Å². The molecule has 0 spiro atoms. The van der Waals surface area contributed by atoms with Crippen LogP contribution in [0.4, 0.5) is 0 Å². The fourth-order valence-corrected chi connectivity index (χ4v) is 2.97. The summed E-state index contributed by atoms with van der Waals surface area (Å²) in [6.45, 7) is 3.67. The summed E-state index contributed by atoms with van der Waals surface area (Å²) in [5.41, 5.74) is 5.43. The second-order valence-corrected chi connectivity index (χ2v) is 5.68. The minimum absolute atomic E-state index is 0.370. The number of hydrogen-bond donors (Lipinski definition) is 1. The van der Waals surface area contributed by atoms with E-state index in [-0.39, 0.29) is 5.54 Å². The Morgan fingerprint density at radius 2 is 1.60 bits per heavy atom. The van der Waals surface area contributed by atoms with Gasteiger partial charge in [0.15, 0.2) is 0 Å². The molecule has 58 valence electrons. The molecule has 3 rings (SSSR count). The van der Waals surface area contributed by atoms with Crippen LogP contribution in [0.2, 0.25) is 6.55 Å². The van der Waals surface area contributed by atoms with Gasteiger partial charge in [-0.05, 0) is 0 Å². The zero-order chi connectivity index (χ0) is 7.24. The second-order valence-electron chi connectivity index (χ2n) is 3.09. The zero-order valence-corrected chi connectivity index (χ0v) is 6.92. The van der Waals surface area contributed by atoms with Crippen LogP contribution in [0.3, 0.4) is 0 Å². The average molecular weight is 161 g/mol. The third-order valence-electron chi connectivity index (χ3n) is 1.87. The Hall–Kier alpha value is 0.0569. The molecule has 3 aliphatic rings. The number of nitrogens with two attached hydrogens (primary N) is 1. The van der Waals surface area contributed by atoms with Crippen LogP contribution in [0.5, 0.6) is 0 Å². The molecule has 0 aromatic heterocycles. The number of fused-ring (bicyclic) bond motifs is 3. The van der Waals surface area contributed by atoms with Crippen molar-refractivity contribution < 1.29 is 13.3 Å². The molecule has 0 aromatic rings. The fourth-order valence-electron chi connectivity index (χ4n) is 1.07. The summed E-state index contributed by atoms with van der Waals surface area (Å²) in [5, 5.41) is 0. The molecule has 4 nitrogen and oxygen atoms in total. The molecule has 2 bridgehead atoms. The Bertz CT molecular complexity index is 120. The van der Waals surface area contributed by atoms with E-state index < -0.39 is 8.80 Å². The minimum Gasteiger partial charge on any atom is -0.371 e. The summed E-state index contributed by atoms with van der Waals surface area (Å²) < 4.78 is 16.0. The van der Waals surface area contributed by atoms with Crippen LogP contribution in [-0.4, -0.2) is 34.2 Å². The van der Waals surface area contributed by atoms with E-state index in [0.717, 1.165) is 0 Å². The van der Waals surface area contributed by atoms with E-state index in [9.17, 15) is 0 Å². The molecule has 3 saturated heterocycles. The van der Waals surface area contributed by atoms with Crippen molar-refractivity contribution in [2.75, 3.05) is 19.8 Å². The summed E-state index contributed by atoms with van der Waals surface area (Å²) in [6.07, 6.45) is 0. The molecular formula is C5H11NO3Si. The van der Waals surface area contributed by atoms with Gasteiger partial charge < -0.3 is 19.0 Å². The molecular weight excluding hydrogens is 150 g/mol. The van der Waals surface area contributed by atoms with Crippen LogP contribution < -0.4 is 5.73 Å². The lowest BCUT2D eigenvalue weighted by Crippen LogP contribution is -2.69. The Kier molecular flexibility index (Phi) is 1.22. The van der Waals surface area contributed by atoms with E-state index in [1.165, 1.54) is 0 Å². The van der Waals surface area contributed by atoms with E-state index in [1.54, 1.807) is 0 Å². The smallest absolute Gasteiger partial charge is 0.371 e. The summed E-state index contributed by atoms with van der Waals surface area (Å²) in [6, 6.07) is 0. The van der Waals surface area contributed by atoms with Crippen LogP contribution in [-0.2, 0) is 13.3 Å². The van der Waals surface area contributed by atoms with Crippen LogP contribution in [0.1, 0.15) is 0 Å². The first kappa shape index (κ1) is 6.75. The van der Waals surface area contributed by atoms with Gasteiger partial charge in [0.25, 0.3) is 0 Å². The Labute approximate surface area is 60.6 Å². The van der Waals surface area contributed by atoms with E-state index in [2.05, 4.69) is 0 Å². The lowest BCUT2D eigenvalue weighted by molar-refractivity contribution is -0.0890. The highest BCUT2D eigenvalue weighted by atomic mass is 28.4. The zero-order valence-electron chi connectivity index (χ0n) is 5.92. The van der Waals surface area contributed by atoms with Crippen molar-refractivity contribution in [1.82, 2.24) is 0 Å². The van der Waals surface area contributed by atoms with Crippen molar-refractivity contribution in [3.63, 3.8) is 0 Å². The molecule has 0 unspecified atom stereocenters. The lowest BCUT2D eigenvalue weighted by Gasteiger charge is -2.46. The fraction of sp³-hybridized carbons (Fsp3) is 1.00. The third kappa shape index (κ3) is 0.905. The Morgan fingerprint density at radius 3 is 1.90 bits per heavy atom. The van der Waals surface area contributed by atoms with Crippen LogP contribution in [0, 0.1) is 0 Å². The van der Waals surface area contributed by atoms with Crippen molar-refractivity contribution in [2.24, 2.45) is 5.73 Å². The van der Waals surface area contributed by atoms with E-state index in [0.29, 0.717) is 19.8 Å². The SMILES string of the molecule is C[Si]12OCC(N)(CO1)CO2. The molecule has 0 atom stereocenters. The van der Waals surface area contributed by atoms with Gasteiger partial charge in [0.05, 0.1) is 25.4 Å². The van der Waals surface area contributed by atoms with Crippen molar-refractivity contribution in [1.29, 1.82) is 0 Å². The number of hydrogen-bond acceptors (Lipinski definition) is 4. The highest BCUT2D eigenvalue weighted by molar-refractivity contribution is 6.59. The van der Waals surface area contributed by atoms with Crippen LogP contribution in [0.25, 0.3) is 0 Å². The van der Waals surface area contributed by atoms with Gasteiger partial charge in [-0.2, -0.15) is 0 Å². The number of rotatable bonds is 0. The van der Waals surface area contributed by atoms with E-state index in [4.69, 9.17) is 19.0 Å². The standard InChI is InChI=1S/C5H11NO3Si/c1-10-7-2-5(6,3-8-10)4-9-10/h2-4,6H2,1H3. The first-order valence-corrected chi connectivity index (χ1v) is 5.55. The quantitative estimate of drug-likeness (QED) is 0.479. The first-order valence-electron chi connectivity index (χ1n) is 3.33. The molecule has 5 heteroatoms. The lowest BCUT2D eigenvalue weighted by atomic mass is 10.1. The van der Waals surface area contributed by atoms with Gasteiger partial charge in [0, 0.05) is 6.55 Å². The monoisotopic (exact) mass is 161 g/mol. The van der Waals surface area contributed by atoms with Gasteiger partial charge in [-0.15, -0.1) is 0 Å². The highest BCUT2D eigenvalue weighted by Crippen LogP contribution is 2.26. The Morgan fingerprint density at radius 1 is 1.20 bits per heavy atom. The maximum atomic E-state index is 5.80. The largest absolute Gasteiger partial charge is 0.497 e. The topological polar surface area (TPSA) is 53.7 Å². The van der Waals surface area contributed by atoms with Crippen LogP contribution in [0.15, 0.2) is 0 Å². The maximum Gasteiger partial charge on any atom is 0.497 e. The molecule has 3 heterocycles. The van der Waals surface area contributed by atoms with E-state index >= 15 is 0 Å². The average Bonchev–Trinajstić information content (AvgIpc) is 1.93. The predicted octanol–water partition coefficient (Wildman–Crippen LogP) is -0.670. The summed E-state index contributed by atoms with van der Waals surface area (Å²) >= 11 is 0. The van der Waals surface area contributed by atoms with Crippen molar-refractivity contribution in [2.45, 2.75) is 12.1 Å². The Balaban J connectivity index is 2.16. The maximum absolute atomic E-state index is 5.80. The first-order chi connectivity index (χ1) is 4.62. The minimum atomic E-state index is -2.17. The normalized spacial score (nSPS) is 53.4. The molecule has 10 heavy (non-hydrogen) atoms. The summed E-state index contributed by atoms with van der Waals surface area (Å²) in [7, 11) is -2.17. The molecule has 3 fully saturated rings. The van der Waals surface area contributed by atoms with Crippen molar-refractivity contribution in [3.05, 3.63) is 0 Å². The van der Waals surface area contributed by atoms with Gasteiger partial charge in [-0.1, -0.05) is 0 Å². The predicted molar refractivity (Wildman–Crippen MR) is 36.4 cm³/mol. The molecule has 3 aliphatic heterocycles. The van der Waals surface area contributed by atoms with Gasteiger partial charge in [0.1, 0.15) is 0 Å². The molecule has 0 radical (unpaired) electrons. The second kappa shape index (κ2) is 1.80. The van der Waals surface area contributed by atoms with Crippen molar-refractivity contribution in [3.8, 4) is 0 Å². The molecule has 0 aliphatic carbocycles. The third-order valence-corrected chi connectivity index (χ3v) is 3.87. The summed E-state index contributed by atoms with van der Waals surface area (Å²) in [4.78, 5) is 0.